The van der Waals surface area contributed by atoms with Crippen LogP contribution in [0.15, 0.2) is 54.7 Å². The maximum absolute atomic E-state index is 13.8. The number of hydrogen-bond acceptors (Lipinski definition) is 5. The number of nitrogens with one attached hydrogen (secondary N) is 1. The zero-order valence-electron chi connectivity index (χ0n) is 13.7. The Morgan fingerprint density at radius 2 is 1.72 bits per heavy atom. The smallest absolute Gasteiger partial charge is 0.247 e. The van der Waals surface area contributed by atoms with Crippen molar-refractivity contribution in [3.63, 3.8) is 0 Å². The molecule has 7 heteroatoms. The van der Waals surface area contributed by atoms with Crippen LogP contribution in [0.5, 0.6) is 0 Å². The van der Waals surface area contributed by atoms with Crippen molar-refractivity contribution < 1.29 is 8.78 Å². The van der Waals surface area contributed by atoms with Crippen molar-refractivity contribution >= 4 is 17.5 Å². The lowest BCUT2D eigenvalue weighted by Gasteiger charge is -2.20. The zero-order valence-corrected chi connectivity index (χ0v) is 13.7. The summed E-state index contributed by atoms with van der Waals surface area (Å²) < 4.78 is 27.5. The second kappa shape index (κ2) is 7.65. The van der Waals surface area contributed by atoms with E-state index < -0.39 is 11.6 Å². The summed E-state index contributed by atoms with van der Waals surface area (Å²) in [6.07, 6.45) is 1.33. The van der Waals surface area contributed by atoms with Gasteiger partial charge in [0.1, 0.15) is 17.3 Å². The van der Waals surface area contributed by atoms with E-state index in [0.717, 1.165) is 5.56 Å². The molecule has 0 atom stereocenters. The highest BCUT2D eigenvalue weighted by Gasteiger charge is 2.13. The molecule has 0 aliphatic rings. The molecule has 1 heterocycles. The minimum absolute atomic E-state index is 0.223. The van der Waals surface area contributed by atoms with Crippen molar-refractivity contribution in [1.29, 1.82) is 0 Å². The molecule has 0 spiro atoms. The molecule has 0 aliphatic heterocycles. The van der Waals surface area contributed by atoms with Gasteiger partial charge in [0.15, 0.2) is 5.82 Å². The second-order valence-electron chi connectivity index (χ2n) is 5.36. The van der Waals surface area contributed by atoms with E-state index in [1.807, 2.05) is 42.2 Å². The molecule has 0 fully saturated rings. The summed E-state index contributed by atoms with van der Waals surface area (Å²) in [5, 5.41) is 10.6. The molecule has 3 rings (SSSR count). The Hall–Kier alpha value is -3.09. The summed E-state index contributed by atoms with van der Waals surface area (Å²) in [7, 11) is 0. The number of benzene rings is 2. The van der Waals surface area contributed by atoms with Gasteiger partial charge < -0.3 is 10.2 Å². The van der Waals surface area contributed by atoms with Gasteiger partial charge in [-0.3, -0.25) is 0 Å². The summed E-state index contributed by atoms with van der Waals surface area (Å²) in [4.78, 5) is 6.25. The van der Waals surface area contributed by atoms with Gasteiger partial charge in [-0.1, -0.05) is 36.4 Å². The van der Waals surface area contributed by atoms with Crippen LogP contribution in [0.1, 0.15) is 12.5 Å². The van der Waals surface area contributed by atoms with Crippen LogP contribution >= 0.6 is 0 Å². The minimum Gasteiger partial charge on any atom is -0.335 e. The molecule has 2 aromatic carbocycles. The molecule has 128 valence electrons. The van der Waals surface area contributed by atoms with Crippen LogP contribution < -0.4 is 10.2 Å². The molecule has 0 saturated carbocycles. The molecule has 0 bridgehead atoms. The maximum atomic E-state index is 13.8. The van der Waals surface area contributed by atoms with E-state index in [1.54, 1.807) is 0 Å². The molecule has 0 saturated heterocycles. The largest absolute Gasteiger partial charge is 0.335 e. The molecule has 0 aliphatic carbocycles. The number of aromatic nitrogens is 3. The Balaban J connectivity index is 1.83. The molecule has 1 N–H and O–H groups in total. The Kier molecular flexibility index (Phi) is 5.13. The highest BCUT2D eigenvalue weighted by Crippen LogP contribution is 2.22. The van der Waals surface area contributed by atoms with Crippen LogP contribution in [0.25, 0.3) is 0 Å². The SMILES string of the molecule is CCN(Cc1ccccc1)c1nncc(Nc2c(F)cccc2F)n1. The molecule has 0 unspecified atom stereocenters. The summed E-state index contributed by atoms with van der Waals surface area (Å²) in [5.74, 6) is -0.790. The zero-order chi connectivity index (χ0) is 17.6. The number of halogens is 2. The van der Waals surface area contributed by atoms with Gasteiger partial charge in [0.25, 0.3) is 0 Å². The molecule has 5 nitrogen and oxygen atoms in total. The first kappa shape index (κ1) is 16.8. The van der Waals surface area contributed by atoms with Gasteiger partial charge in [-0.25, -0.2) is 8.78 Å². The Morgan fingerprint density at radius 3 is 2.40 bits per heavy atom. The fraction of sp³-hybridized carbons (Fsp3) is 0.167. The third-order valence-electron chi connectivity index (χ3n) is 3.64. The highest BCUT2D eigenvalue weighted by atomic mass is 19.1. The summed E-state index contributed by atoms with van der Waals surface area (Å²) in [5.41, 5.74) is 0.839. The maximum Gasteiger partial charge on any atom is 0.247 e. The number of para-hydroxylation sites is 1. The lowest BCUT2D eigenvalue weighted by Crippen LogP contribution is -2.24. The van der Waals surface area contributed by atoms with E-state index in [0.29, 0.717) is 19.0 Å². The van der Waals surface area contributed by atoms with Crippen molar-refractivity contribution in [2.45, 2.75) is 13.5 Å². The van der Waals surface area contributed by atoms with E-state index in [4.69, 9.17) is 0 Å². The van der Waals surface area contributed by atoms with Gasteiger partial charge in [-0.2, -0.15) is 10.1 Å². The van der Waals surface area contributed by atoms with Crippen molar-refractivity contribution in [3.8, 4) is 0 Å². The first-order valence-corrected chi connectivity index (χ1v) is 7.87. The van der Waals surface area contributed by atoms with Crippen molar-refractivity contribution in [2.75, 3.05) is 16.8 Å². The molecule has 1 aromatic heterocycles. The van der Waals surface area contributed by atoms with Gasteiger partial charge >= 0.3 is 0 Å². The second-order valence-corrected chi connectivity index (χ2v) is 5.36. The van der Waals surface area contributed by atoms with E-state index in [-0.39, 0.29) is 11.5 Å². The summed E-state index contributed by atoms with van der Waals surface area (Å²) in [6.45, 7) is 3.24. The number of hydrogen-bond donors (Lipinski definition) is 1. The van der Waals surface area contributed by atoms with Crippen LogP contribution in [-0.2, 0) is 6.54 Å². The van der Waals surface area contributed by atoms with Crippen LogP contribution in [-0.4, -0.2) is 21.7 Å². The van der Waals surface area contributed by atoms with Crippen LogP contribution in [0.3, 0.4) is 0 Å². The third-order valence-corrected chi connectivity index (χ3v) is 3.64. The molecule has 0 radical (unpaired) electrons. The van der Waals surface area contributed by atoms with Crippen molar-refractivity contribution in [1.82, 2.24) is 15.2 Å². The minimum atomic E-state index is -0.697. The van der Waals surface area contributed by atoms with E-state index in [1.165, 1.54) is 24.4 Å². The monoisotopic (exact) mass is 341 g/mol. The molecule has 25 heavy (non-hydrogen) atoms. The first-order chi connectivity index (χ1) is 12.2. The fourth-order valence-electron chi connectivity index (χ4n) is 2.36. The van der Waals surface area contributed by atoms with Gasteiger partial charge in [-0.05, 0) is 24.6 Å². The van der Waals surface area contributed by atoms with Gasteiger partial charge in [-0.15, -0.1) is 5.10 Å². The van der Waals surface area contributed by atoms with Crippen molar-refractivity contribution in [3.05, 3.63) is 71.9 Å². The Morgan fingerprint density at radius 1 is 1.00 bits per heavy atom. The first-order valence-electron chi connectivity index (χ1n) is 7.87. The molecular weight excluding hydrogens is 324 g/mol. The lowest BCUT2D eigenvalue weighted by molar-refractivity contribution is 0.590. The number of nitrogens with zero attached hydrogens (tertiary/aromatic N) is 4. The number of rotatable bonds is 6. The summed E-state index contributed by atoms with van der Waals surface area (Å²) in [6, 6.07) is 13.5. The predicted octanol–water partition coefficient (Wildman–Crippen LogP) is 3.92. The topological polar surface area (TPSA) is 53.9 Å². The quantitative estimate of drug-likeness (QED) is 0.736. The molecule has 0 amide bonds. The van der Waals surface area contributed by atoms with E-state index >= 15 is 0 Å². The third kappa shape index (κ3) is 4.06. The van der Waals surface area contributed by atoms with Gasteiger partial charge in [0.05, 0.1) is 6.20 Å². The van der Waals surface area contributed by atoms with Crippen LogP contribution in [0, 0.1) is 11.6 Å². The van der Waals surface area contributed by atoms with E-state index in [2.05, 4.69) is 20.5 Å². The number of anilines is 3. The molecule has 3 aromatic rings. The van der Waals surface area contributed by atoms with Crippen LogP contribution in [0.4, 0.5) is 26.2 Å². The average Bonchev–Trinajstić information content (AvgIpc) is 2.64. The fourth-order valence-corrected chi connectivity index (χ4v) is 2.36. The average molecular weight is 341 g/mol. The van der Waals surface area contributed by atoms with Gasteiger partial charge in [0, 0.05) is 13.1 Å². The molecular formula is C18H17F2N5. The summed E-state index contributed by atoms with van der Waals surface area (Å²) >= 11 is 0. The highest BCUT2D eigenvalue weighted by molar-refractivity contribution is 5.57. The Bertz CT molecular complexity index is 822. The van der Waals surface area contributed by atoms with Crippen LogP contribution in [0.2, 0.25) is 0 Å². The standard InChI is InChI=1S/C18H17F2N5/c1-2-25(12-13-7-4-3-5-8-13)18-23-16(11-21-24-18)22-17-14(19)9-6-10-15(17)20/h3-11H,2,12H2,1H3,(H,22,23,24). The predicted molar refractivity (Wildman–Crippen MR) is 92.6 cm³/mol. The normalized spacial score (nSPS) is 10.5. The lowest BCUT2D eigenvalue weighted by atomic mass is 10.2. The van der Waals surface area contributed by atoms with E-state index in [9.17, 15) is 8.78 Å². The van der Waals surface area contributed by atoms with Crippen molar-refractivity contribution in [2.24, 2.45) is 0 Å². The Labute approximate surface area is 144 Å². The van der Waals surface area contributed by atoms with Gasteiger partial charge in [0.2, 0.25) is 5.95 Å².